The minimum atomic E-state index is -0.865. The standard InChI is InChI=1S/C19H24N2O3/c1-19(2,24-3)18(23)21-11-14(17(22)12-21)10-15-9-8-13-6-4-5-7-16(13)20-15/h4-9,14,17,22H,10-12H2,1-3H3/t14-,17-/m1/s1. The van der Waals surface area contributed by atoms with Crippen LogP contribution in [0.25, 0.3) is 10.9 Å². The van der Waals surface area contributed by atoms with E-state index in [0.717, 1.165) is 16.6 Å². The van der Waals surface area contributed by atoms with E-state index in [2.05, 4.69) is 11.1 Å². The van der Waals surface area contributed by atoms with Crippen LogP contribution in [0.5, 0.6) is 0 Å². The van der Waals surface area contributed by atoms with Gasteiger partial charge in [-0.1, -0.05) is 24.3 Å². The second-order valence-corrected chi connectivity index (χ2v) is 6.95. The number of para-hydroxylation sites is 1. The van der Waals surface area contributed by atoms with Crippen molar-refractivity contribution in [3.05, 3.63) is 42.1 Å². The zero-order chi connectivity index (χ0) is 17.3. The summed E-state index contributed by atoms with van der Waals surface area (Å²) in [5, 5.41) is 11.5. The Balaban J connectivity index is 1.72. The molecule has 1 aliphatic rings. The zero-order valence-electron chi connectivity index (χ0n) is 14.4. The molecule has 1 aromatic heterocycles. The van der Waals surface area contributed by atoms with E-state index in [1.807, 2.05) is 30.3 Å². The second kappa shape index (κ2) is 6.49. The molecule has 0 radical (unpaired) electrons. The van der Waals surface area contributed by atoms with Crippen LogP contribution in [-0.2, 0) is 16.0 Å². The summed E-state index contributed by atoms with van der Waals surface area (Å²) in [5.41, 5.74) is 1.03. The van der Waals surface area contributed by atoms with Crippen molar-refractivity contribution in [2.24, 2.45) is 5.92 Å². The van der Waals surface area contributed by atoms with E-state index in [-0.39, 0.29) is 11.8 Å². The number of aliphatic hydroxyl groups is 1. The van der Waals surface area contributed by atoms with Gasteiger partial charge < -0.3 is 14.7 Å². The number of pyridine rings is 1. The summed E-state index contributed by atoms with van der Waals surface area (Å²) in [6.45, 7) is 4.38. The quantitative estimate of drug-likeness (QED) is 0.933. The molecule has 2 atom stereocenters. The van der Waals surface area contributed by atoms with Crippen molar-refractivity contribution in [1.82, 2.24) is 9.88 Å². The lowest BCUT2D eigenvalue weighted by Gasteiger charge is -2.27. The smallest absolute Gasteiger partial charge is 0.254 e. The zero-order valence-corrected chi connectivity index (χ0v) is 14.4. The number of amides is 1. The van der Waals surface area contributed by atoms with Crippen LogP contribution in [0.4, 0.5) is 0 Å². The topological polar surface area (TPSA) is 62.7 Å². The molecular weight excluding hydrogens is 304 g/mol. The molecule has 0 aliphatic carbocycles. The van der Waals surface area contributed by atoms with Gasteiger partial charge in [0.2, 0.25) is 0 Å². The number of carbonyl (C=O) groups excluding carboxylic acids is 1. The Morgan fingerprint density at radius 1 is 1.29 bits per heavy atom. The molecule has 5 nitrogen and oxygen atoms in total. The minimum Gasteiger partial charge on any atom is -0.391 e. The Morgan fingerprint density at radius 3 is 2.79 bits per heavy atom. The SMILES string of the molecule is COC(C)(C)C(=O)N1C[C@@H](Cc2ccc3ccccc3n2)[C@H](O)C1. The van der Waals surface area contributed by atoms with Gasteiger partial charge in [0, 0.05) is 37.2 Å². The molecule has 5 heteroatoms. The van der Waals surface area contributed by atoms with E-state index in [9.17, 15) is 9.90 Å². The average molecular weight is 328 g/mol. The van der Waals surface area contributed by atoms with Crippen molar-refractivity contribution in [3.8, 4) is 0 Å². The first-order chi connectivity index (χ1) is 11.4. The normalized spacial score (nSPS) is 21.4. The number of aromatic nitrogens is 1. The molecule has 128 valence electrons. The van der Waals surface area contributed by atoms with Crippen LogP contribution in [0, 0.1) is 5.92 Å². The Bertz CT molecular complexity index is 744. The fourth-order valence-electron chi connectivity index (χ4n) is 3.18. The number of nitrogens with zero attached hydrogens (tertiary/aromatic N) is 2. The van der Waals surface area contributed by atoms with Gasteiger partial charge in [0.1, 0.15) is 5.60 Å². The number of carbonyl (C=O) groups is 1. The van der Waals surface area contributed by atoms with Gasteiger partial charge in [0.25, 0.3) is 5.91 Å². The highest BCUT2D eigenvalue weighted by Crippen LogP contribution is 2.25. The second-order valence-electron chi connectivity index (χ2n) is 6.95. The van der Waals surface area contributed by atoms with Gasteiger partial charge in [0.15, 0.2) is 0 Å². The number of aliphatic hydroxyl groups excluding tert-OH is 1. The number of ether oxygens (including phenoxy) is 1. The van der Waals surface area contributed by atoms with Gasteiger partial charge in [0.05, 0.1) is 11.6 Å². The van der Waals surface area contributed by atoms with Crippen LogP contribution < -0.4 is 0 Å². The first-order valence-electron chi connectivity index (χ1n) is 8.28. The third-order valence-electron chi connectivity index (χ3n) is 4.85. The lowest BCUT2D eigenvalue weighted by atomic mass is 9.99. The lowest BCUT2D eigenvalue weighted by Crippen LogP contribution is -2.45. The van der Waals surface area contributed by atoms with Crippen molar-refractivity contribution in [3.63, 3.8) is 0 Å². The largest absolute Gasteiger partial charge is 0.391 e. The summed E-state index contributed by atoms with van der Waals surface area (Å²) in [5.74, 6) is -0.0895. The molecule has 2 heterocycles. The number of likely N-dealkylation sites (tertiary alicyclic amines) is 1. The van der Waals surface area contributed by atoms with Crippen LogP contribution in [-0.4, -0.2) is 52.8 Å². The molecule has 0 spiro atoms. The molecule has 1 aliphatic heterocycles. The van der Waals surface area contributed by atoms with Crippen molar-refractivity contribution in [2.45, 2.75) is 32.0 Å². The van der Waals surface area contributed by atoms with Crippen LogP contribution in [0.3, 0.4) is 0 Å². The Hall–Kier alpha value is -1.98. The third-order valence-corrected chi connectivity index (χ3v) is 4.85. The summed E-state index contributed by atoms with van der Waals surface area (Å²) < 4.78 is 5.26. The Morgan fingerprint density at radius 2 is 2.04 bits per heavy atom. The molecule has 0 bridgehead atoms. The number of β-amino-alcohol motifs (C(OH)–C–C–N with tert-alkyl or cyclic N) is 1. The number of fused-ring (bicyclic) bond motifs is 1. The third kappa shape index (κ3) is 3.28. The highest BCUT2D eigenvalue weighted by Gasteiger charge is 2.40. The number of hydrogen-bond donors (Lipinski definition) is 1. The summed E-state index contributed by atoms with van der Waals surface area (Å²) in [6, 6.07) is 12.0. The van der Waals surface area contributed by atoms with Crippen LogP contribution in [0.15, 0.2) is 36.4 Å². The van der Waals surface area contributed by atoms with E-state index >= 15 is 0 Å². The van der Waals surface area contributed by atoms with Crippen LogP contribution >= 0.6 is 0 Å². The average Bonchev–Trinajstić information content (AvgIpc) is 2.94. The van der Waals surface area contributed by atoms with Gasteiger partial charge in [-0.15, -0.1) is 0 Å². The molecule has 1 saturated heterocycles. The summed E-state index contributed by atoms with van der Waals surface area (Å²) in [7, 11) is 1.53. The molecule has 3 rings (SSSR count). The highest BCUT2D eigenvalue weighted by atomic mass is 16.5. The molecule has 1 amide bonds. The fourth-order valence-corrected chi connectivity index (χ4v) is 3.18. The molecule has 1 fully saturated rings. The predicted octanol–water partition coefficient (Wildman–Crippen LogP) is 2.02. The van der Waals surface area contributed by atoms with Gasteiger partial charge in [-0.3, -0.25) is 9.78 Å². The Labute approximate surface area is 142 Å². The Kier molecular flexibility index (Phi) is 4.56. The molecule has 1 aromatic carbocycles. The first-order valence-corrected chi connectivity index (χ1v) is 8.28. The van der Waals surface area contributed by atoms with E-state index < -0.39 is 11.7 Å². The van der Waals surface area contributed by atoms with Crippen molar-refractivity contribution in [2.75, 3.05) is 20.2 Å². The summed E-state index contributed by atoms with van der Waals surface area (Å²) in [4.78, 5) is 18.9. The maximum atomic E-state index is 12.5. The molecule has 2 aromatic rings. The van der Waals surface area contributed by atoms with E-state index in [1.54, 1.807) is 18.7 Å². The minimum absolute atomic E-state index is 0.00438. The number of rotatable bonds is 4. The van der Waals surface area contributed by atoms with Crippen molar-refractivity contribution >= 4 is 16.8 Å². The number of hydrogen-bond acceptors (Lipinski definition) is 4. The van der Waals surface area contributed by atoms with Gasteiger partial charge >= 0.3 is 0 Å². The fraction of sp³-hybridized carbons (Fsp3) is 0.474. The van der Waals surface area contributed by atoms with Gasteiger partial charge in [-0.2, -0.15) is 0 Å². The van der Waals surface area contributed by atoms with Gasteiger partial charge in [-0.25, -0.2) is 0 Å². The van der Waals surface area contributed by atoms with Crippen LogP contribution in [0.1, 0.15) is 19.5 Å². The monoisotopic (exact) mass is 328 g/mol. The maximum Gasteiger partial charge on any atom is 0.254 e. The molecular formula is C19H24N2O3. The van der Waals surface area contributed by atoms with Crippen molar-refractivity contribution < 1.29 is 14.6 Å². The highest BCUT2D eigenvalue weighted by molar-refractivity contribution is 5.84. The summed E-state index contributed by atoms with van der Waals surface area (Å²) >= 11 is 0. The van der Waals surface area contributed by atoms with E-state index in [4.69, 9.17) is 4.74 Å². The molecule has 0 unspecified atom stereocenters. The molecule has 0 saturated carbocycles. The molecule has 24 heavy (non-hydrogen) atoms. The van der Waals surface area contributed by atoms with E-state index in [1.165, 1.54) is 7.11 Å². The first kappa shape index (κ1) is 16.9. The van der Waals surface area contributed by atoms with Gasteiger partial charge in [-0.05, 0) is 32.4 Å². The summed E-state index contributed by atoms with van der Waals surface area (Å²) in [6.07, 6.45) is 0.123. The number of methoxy groups -OCH3 is 1. The molecule has 1 N–H and O–H groups in total. The maximum absolute atomic E-state index is 12.5. The predicted molar refractivity (Wildman–Crippen MR) is 92.6 cm³/mol. The van der Waals surface area contributed by atoms with Crippen LogP contribution in [0.2, 0.25) is 0 Å². The van der Waals surface area contributed by atoms with E-state index in [0.29, 0.717) is 19.5 Å². The van der Waals surface area contributed by atoms with Crippen molar-refractivity contribution in [1.29, 1.82) is 0 Å². The lowest BCUT2D eigenvalue weighted by molar-refractivity contribution is -0.150. The number of benzene rings is 1.